The fraction of sp³-hybridized carbons (Fsp3) is 1.00. The van der Waals surface area contributed by atoms with E-state index in [1.165, 1.54) is 0 Å². The highest BCUT2D eigenvalue weighted by Crippen LogP contribution is 2.24. The van der Waals surface area contributed by atoms with Crippen LogP contribution in [0, 0.1) is 0 Å². The molecule has 0 aromatic heterocycles. The molecule has 0 aromatic carbocycles. The van der Waals surface area contributed by atoms with Crippen LogP contribution in [0.2, 0.25) is 0 Å². The summed E-state index contributed by atoms with van der Waals surface area (Å²) in [5.74, 6) is 0. The van der Waals surface area contributed by atoms with E-state index in [2.05, 4.69) is 0 Å². The number of hydrogen-bond donors (Lipinski definition) is 9. The van der Waals surface area contributed by atoms with Gasteiger partial charge < -0.3 is 55.4 Å². The van der Waals surface area contributed by atoms with E-state index in [0.29, 0.717) is 0 Å². The third-order valence-electron chi connectivity index (χ3n) is 3.62. The highest BCUT2D eigenvalue weighted by Gasteiger charge is 2.46. The quantitative estimate of drug-likeness (QED) is 0.203. The van der Waals surface area contributed by atoms with Gasteiger partial charge in [-0.3, -0.25) is 0 Å². The molecule has 138 valence electrons. The molecule has 0 aromatic rings. The molecule has 0 bridgehead atoms. The van der Waals surface area contributed by atoms with Crippen LogP contribution in [0.4, 0.5) is 0 Å². The lowest BCUT2D eigenvalue weighted by molar-refractivity contribution is -0.327. The fourth-order valence-corrected chi connectivity index (χ4v) is 2.16. The molecule has 0 spiro atoms. The normalized spacial score (nSPS) is 37.2. The van der Waals surface area contributed by atoms with Crippen molar-refractivity contribution in [1.82, 2.24) is 0 Å². The van der Waals surface area contributed by atoms with Crippen molar-refractivity contribution in [3.63, 3.8) is 0 Å². The zero-order chi connectivity index (χ0) is 17.7. The summed E-state index contributed by atoms with van der Waals surface area (Å²) in [6, 6.07) is 0. The van der Waals surface area contributed by atoms with Crippen LogP contribution < -0.4 is 0 Å². The molecule has 0 amide bonds. The Bertz CT molecular complexity index is 341. The van der Waals surface area contributed by atoms with E-state index in [1.54, 1.807) is 0 Å². The first kappa shape index (κ1) is 20.6. The Morgan fingerprint density at radius 1 is 0.826 bits per heavy atom. The van der Waals surface area contributed by atoms with Gasteiger partial charge in [0, 0.05) is 0 Å². The van der Waals surface area contributed by atoms with Crippen LogP contribution in [0.3, 0.4) is 0 Å². The molecule has 9 N–H and O–H groups in total. The lowest BCUT2D eigenvalue weighted by atomic mass is 9.98. The molecule has 1 aliphatic rings. The van der Waals surface area contributed by atoms with Gasteiger partial charge in [-0.1, -0.05) is 0 Å². The Labute approximate surface area is 131 Å². The fourth-order valence-electron chi connectivity index (χ4n) is 2.16. The van der Waals surface area contributed by atoms with Crippen molar-refractivity contribution in [1.29, 1.82) is 0 Å². The summed E-state index contributed by atoms with van der Waals surface area (Å²) in [5.41, 5.74) is 0. The van der Waals surface area contributed by atoms with Crippen LogP contribution in [0.25, 0.3) is 0 Å². The van der Waals surface area contributed by atoms with Crippen LogP contribution in [0.5, 0.6) is 0 Å². The molecule has 1 fully saturated rings. The molecule has 11 nitrogen and oxygen atoms in total. The Balaban J connectivity index is 2.89. The molecule has 0 saturated carbocycles. The van der Waals surface area contributed by atoms with Gasteiger partial charge in [0.05, 0.1) is 19.8 Å². The summed E-state index contributed by atoms with van der Waals surface area (Å²) in [7, 11) is 0. The summed E-state index contributed by atoms with van der Waals surface area (Å²) in [6.45, 7) is -2.45. The highest BCUT2D eigenvalue weighted by molar-refractivity contribution is 4.91. The van der Waals surface area contributed by atoms with Gasteiger partial charge in [0.2, 0.25) is 0 Å². The summed E-state index contributed by atoms with van der Waals surface area (Å²) >= 11 is 0. The smallest absolute Gasteiger partial charge is 0.187 e. The molecular formula is C12H24O11. The van der Waals surface area contributed by atoms with Crippen molar-refractivity contribution in [3.05, 3.63) is 0 Å². The number of rotatable bonds is 8. The van der Waals surface area contributed by atoms with Gasteiger partial charge in [-0.25, -0.2) is 0 Å². The van der Waals surface area contributed by atoms with Crippen molar-refractivity contribution in [3.8, 4) is 0 Å². The first-order valence-electron chi connectivity index (χ1n) is 7.00. The second-order valence-corrected chi connectivity index (χ2v) is 5.29. The molecule has 9 atom stereocenters. The van der Waals surface area contributed by atoms with Gasteiger partial charge >= 0.3 is 0 Å². The molecule has 1 aliphatic heterocycles. The summed E-state index contributed by atoms with van der Waals surface area (Å²) in [5, 5.41) is 84.9. The molecular weight excluding hydrogens is 320 g/mol. The molecule has 0 aliphatic carbocycles. The maximum Gasteiger partial charge on any atom is 0.187 e. The van der Waals surface area contributed by atoms with E-state index in [1.807, 2.05) is 0 Å². The number of aliphatic hydroxyl groups is 9. The van der Waals surface area contributed by atoms with Gasteiger partial charge in [0.1, 0.15) is 48.8 Å². The largest absolute Gasteiger partial charge is 0.394 e. The van der Waals surface area contributed by atoms with E-state index in [4.69, 9.17) is 24.8 Å². The van der Waals surface area contributed by atoms with Crippen LogP contribution >= 0.6 is 0 Å². The third-order valence-corrected chi connectivity index (χ3v) is 3.62. The Hall–Kier alpha value is -0.440. The summed E-state index contributed by atoms with van der Waals surface area (Å²) < 4.78 is 10.1. The van der Waals surface area contributed by atoms with E-state index < -0.39 is 74.9 Å². The topological polar surface area (TPSA) is 201 Å². The minimum absolute atomic E-state index is 0.708. The molecule has 6 unspecified atom stereocenters. The maximum absolute atomic E-state index is 9.83. The van der Waals surface area contributed by atoms with Gasteiger partial charge in [-0.15, -0.1) is 0 Å². The summed E-state index contributed by atoms with van der Waals surface area (Å²) in [6.07, 6.45) is -15.1. The minimum Gasteiger partial charge on any atom is -0.394 e. The second kappa shape index (κ2) is 9.15. The average Bonchev–Trinajstić information content (AvgIpc) is 2.57. The first-order valence-corrected chi connectivity index (χ1v) is 7.00. The van der Waals surface area contributed by atoms with Crippen molar-refractivity contribution in [2.45, 2.75) is 55.1 Å². The number of aliphatic hydroxyl groups excluding tert-OH is 9. The average molecular weight is 344 g/mol. The van der Waals surface area contributed by atoms with Crippen molar-refractivity contribution in [2.24, 2.45) is 0 Å². The Morgan fingerprint density at radius 2 is 1.39 bits per heavy atom. The predicted molar refractivity (Wildman–Crippen MR) is 70.8 cm³/mol. The standard InChI is InChI=1S/C12H24O11/c13-1-4(16)7(18)11(5(17)2-14)23-12-10(21)9(20)8(19)6(3-15)22-12/h4-21H,1-3H2/t4?,5?,6?,7?,8-,9+,10?,11?,12+/m1/s1. The van der Waals surface area contributed by atoms with Gasteiger partial charge in [-0.2, -0.15) is 0 Å². The molecule has 1 heterocycles. The Kier molecular flexibility index (Phi) is 8.20. The van der Waals surface area contributed by atoms with Crippen LogP contribution in [-0.4, -0.2) is 121 Å². The zero-order valence-electron chi connectivity index (χ0n) is 12.2. The van der Waals surface area contributed by atoms with Gasteiger partial charge in [-0.05, 0) is 0 Å². The molecule has 11 heteroatoms. The van der Waals surface area contributed by atoms with Crippen LogP contribution in [0.15, 0.2) is 0 Å². The lowest BCUT2D eigenvalue weighted by Crippen LogP contribution is -2.61. The molecule has 1 saturated heterocycles. The Morgan fingerprint density at radius 3 is 1.87 bits per heavy atom. The van der Waals surface area contributed by atoms with E-state index in [9.17, 15) is 30.6 Å². The van der Waals surface area contributed by atoms with Crippen LogP contribution in [-0.2, 0) is 9.47 Å². The molecule has 1 rings (SSSR count). The van der Waals surface area contributed by atoms with Crippen LogP contribution in [0.1, 0.15) is 0 Å². The SMILES string of the molecule is OCC(O)C(O)C(O[C@@H]1OC(CO)[C@@H](O)[C@H](O)C1O)C(O)CO. The summed E-state index contributed by atoms with van der Waals surface area (Å²) in [4.78, 5) is 0. The zero-order valence-corrected chi connectivity index (χ0v) is 12.2. The van der Waals surface area contributed by atoms with Gasteiger partial charge in [0.15, 0.2) is 6.29 Å². The second-order valence-electron chi connectivity index (χ2n) is 5.29. The predicted octanol–water partition coefficient (Wildman–Crippen LogP) is -5.76. The monoisotopic (exact) mass is 344 g/mol. The minimum atomic E-state index is -1.85. The first-order chi connectivity index (χ1) is 10.8. The van der Waals surface area contributed by atoms with Crippen molar-refractivity contribution in [2.75, 3.05) is 19.8 Å². The molecule has 0 radical (unpaired) electrons. The van der Waals surface area contributed by atoms with Gasteiger partial charge in [0.25, 0.3) is 0 Å². The van der Waals surface area contributed by atoms with E-state index in [-0.39, 0.29) is 0 Å². The lowest BCUT2D eigenvalue weighted by Gasteiger charge is -2.42. The number of ether oxygens (including phenoxy) is 2. The van der Waals surface area contributed by atoms with E-state index in [0.717, 1.165) is 0 Å². The number of hydrogen-bond acceptors (Lipinski definition) is 11. The highest BCUT2D eigenvalue weighted by atomic mass is 16.7. The van der Waals surface area contributed by atoms with E-state index >= 15 is 0 Å². The maximum atomic E-state index is 9.83. The molecule has 23 heavy (non-hydrogen) atoms. The van der Waals surface area contributed by atoms with Crippen molar-refractivity contribution >= 4 is 0 Å². The third kappa shape index (κ3) is 4.78. The van der Waals surface area contributed by atoms with Crippen molar-refractivity contribution < 1.29 is 55.4 Å².